The smallest absolute Gasteiger partial charge is 0.163 e. The lowest BCUT2D eigenvalue weighted by atomic mass is 10.1. The monoisotopic (exact) mass is 388 g/mol. The number of anilines is 2. The highest BCUT2D eigenvalue weighted by molar-refractivity contribution is 7.99. The van der Waals surface area contributed by atoms with E-state index in [9.17, 15) is 0 Å². The topological polar surface area (TPSA) is 56.3 Å². The summed E-state index contributed by atoms with van der Waals surface area (Å²) in [5.74, 6) is 0.850. The molecule has 1 aromatic heterocycles. The highest BCUT2D eigenvalue weighted by Crippen LogP contribution is 2.42. The van der Waals surface area contributed by atoms with Crippen molar-refractivity contribution in [3.05, 3.63) is 36.2 Å². The van der Waals surface area contributed by atoms with E-state index in [1.807, 2.05) is 0 Å². The zero-order valence-corrected chi connectivity index (χ0v) is 16.7. The second-order valence-corrected chi connectivity index (χ2v) is 9.02. The fraction of sp³-hybridized carbons (Fsp3) is 0.444. The van der Waals surface area contributed by atoms with Crippen LogP contribution in [0.3, 0.4) is 0 Å². The lowest BCUT2D eigenvalue weighted by molar-refractivity contribution is 0.201. The first-order chi connectivity index (χ1) is 12.7. The molecule has 0 atom stereocenters. The number of nitrogens with one attached hydrogen (secondary N) is 2. The summed E-state index contributed by atoms with van der Waals surface area (Å²) < 4.78 is 5.65. The van der Waals surface area contributed by atoms with Crippen molar-refractivity contribution in [2.24, 2.45) is 0 Å². The van der Waals surface area contributed by atoms with Crippen LogP contribution in [0, 0.1) is 0 Å². The Labute approximate surface area is 163 Å². The number of fused-ring (bicyclic) bond motifs is 2. The van der Waals surface area contributed by atoms with Gasteiger partial charge >= 0.3 is 0 Å². The molecule has 6 nitrogen and oxygen atoms in total. The van der Waals surface area contributed by atoms with Gasteiger partial charge in [0.05, 0.1) is 5.69 Å². The van der Waals surface area contributed by atoms with Gasteiger partial charge in [-0.2, -0.15) is 0 Å². The molecule has 1 aromatic carbocycles. The summed E-state index contributed by atoms with van der Waals surface area (Å²) in [7, 11) is 4.14. The third kappa shape index (κ3) is 4.32. The highest BCUT2D eigenvalue weighted by Gasteiger charge is 2.21. The SMILES string of the molecule is CN(C)SNC1CCN(Cc2ccc3c(c2)Sc2nccnc2N3)CC1. The number of benzene rings is 1. The van der Waals surface area contributed by atoms with Gasteiger partial charge in [-0.05, 0) is 57.7 Å². The number of likely N-dealkylation sites (tertiary alicyclic amines) is 1. The van der Waals surface area contributed by atoms with E-state index < -0.39 is 0 Å². The fourth-order valence-electron chi connectivity index (χ4n) is 3.22. The maximum absolute atomic E-state index is 4.42. The maximum atomic E-state index is 4.42. The average molecular weight is 389 g/mol. The van der Waals surface area contributed by atoms with Gasteiger partial charge in [0.15, 0.2) is 5.82 Å². The molecule has 0 spiro atoms. The molecule has 26 heavy (non-hydrogen) atoms. The summed E-state index contributed by atoms with van der Waals surface area (Å²) in [5, 5.41) is 4.32. The molecule has 0 aliphatic carbocycles. The molecule has 0 saturated carbocycles. The molecule has 0 amide bonds. The van der Waals surface area contributed by atoms with Gasteiger partial charge in [0.1, 0.15) is 5.03 Å². The van der Waals surface area contributed by atoms with E-state index in [1.54, 1.807) is 36.3 Å². The van der Waals surface area contributed by atoms with E-state index >= 15 is 0 Å². The van der Waals surface area contributed by atoms with Crippen molar-refractivity contribution >= 4 is 35.4 Å². The van der Waals surface area contributed by atoms with Crippen molar-refractivity contribution in [1.82, 2.24) is 23.9 Å². The van der Waals surface area contributed by atoms with Gasteiger partial charge in [-0.3, -0.25) is 4.90 Å². The highest BCUT2D eigenvalue weighted by atomic mass is 32.2. The Morgan fingerprint density at radius 2 is 2.08 bits per heavy atom. The normalized spacial score (nSPS) is 17.7. The zero-order chi connectivity index (χ0) is 17.9. The lowest BCUT2D eigenvalue weighted by Gasteiger charge is -2.32. The van der Waals surface area contributed by atoms with E-state index in [0.29, 0.717) is 6.04 Å². The number of nitrogens with zero attached hydrogens (tertiary/aromatic N) is 4. The summed E-state index contributed by atoms with van der Waals surface area (Å²) >= 11 is 3.39. The van der Waals surface area contributed by atoms with Crippen LogP contribution in [0.1, 0.15) is 18.4 Å². The number of hydrogen-bond donors (Lipinski definition) is 2. The van der Waals surface area contributed by atoms with E-state index in [2.05, 4.69) is 61.5 Å². The predicted octanol–water partition coefficient (Wildman–Crippen LogP) is 3.36. The Kier molecular flexibility index (Phi) is 5.66. The minimum atomic E-state index is 0.608. The van der Waals surface area contributed by atoms with Crippen LogP contribution in [-0.2, 0) is 6.54 Å². The summed E-state index contributed by atoms with van der Waals surface area (Å²) in [6.07, 6.45) is 5.87. The Balaban J connectivity index is 1.34. The fourth-order valence-corrected chi connectivity index (χ4v) is 4.77. The largest absolute Gasteiger partial charge is 0.337 e. The van der Waals surface area contributed by atoms with Gasteiger partial charge in [0, 0.05) is 42.0 Å². The molecule has 3 heterocycles. The molecule has 0 radical (unpaired) electrons. The Hall–Kier alpha value is -1.32. The van der Waals surface area contributed by atoms with E-state index in [-0.39, 0.29) is 0 Å². The van der Waals surface area contributed by atoms with Crippen LogP contribution < -0.4 is 10.0 Å². The quantitative estimate of drug-likeness (QED) is 0.645. The first kappa shape index (κ1) is 18.1. The predicted molar refractivity (Wildman–Crippen MR) is 109 cm³/mol. The molecular formula is C18H24N6S2. The van der Waals surface area contributed by atoms with Gasteiger partial charge in [-0.25, -0.2) is 19.0 Å². The van der Waals surface area contributed by atoms with Crippen LogP contribution in [0.5, 0.6) is 0 Å². The van der Waals surface area contributed by atoms with Gasteiger partial charge in [-0.1, -0.05) is 17.8 Å². The van der Waals surface area contributed by atoms with Crippen molar-refractivity contribution in [2.45, 2.75) is 35.3 Å². The Morgan fingerprint density at radius 1 is 1.27 bits per heavy atom. The molecule has 0 bridgehead atoms. The molecule has 2 aromatic rings. The standard InChI is InChI=1S/C18H24N6S2/c1-23(2)26-22-14-5-9-24(10-6-14)12-13-3-4-15-16(11-13)25-18-17(21-15)19-7-8-20-18/h3-4,7-8,11,14,22H,5-6,9-10,12H2,1-2H3,(H,19,21). The van der Waals surface area contributed by atoms with Crippen molar-refractivity contribution in [1.29, 1.82) is 0 Å². The van der Waals surface area contributed by atoms with Gasteiger partial charge < -0.3 is 5.32 Å². The third-order valence-electron chi connectivity index (χ3n) is 4.57. The van der Waals surface area contributed by atoms with Crippen LogP contribution in [-0.4, -0.2) is 52.4 Å². The van der Waals surface area contributed by atoms with Crippen LogP contribution in [0.15, 0.2) is 40.5 Å². The summed E-state index contributed by atoms with van der Waals surface area (Å²) in [6.45, 7) is 3.29. The molecule has 0 unspecified atom stereocenters. The molecule has 2 N–H and O–H groups in total. The minimum Gasteiger partial charge on any atom is -0.337 e. The zero-order valence-electron chi connectivity index (χ0n) is 15.1. The number of piperidine rings is 1. The van der Waals surface area contributed by atoms with Crippen LogP contribution >= 0.6 is 23.9 Å². The molecule has 1 saturated heterocycles. The number of aromatic nitrogens is 2. The Morgan fingerprint density at radius 3 is 2.88 bits per heavy atom. The van der Waals surface area contributed by atoms with E-state index in [0.717, 1.165) is 36.2 Å². The maximum Gasteiger partial charge on any atom is 0.163 e. The third-order valence-corrected chi connectivity index (χ3v) is 6.42. The van der Waals surface area contributed by atoms with Crippen molar-refractivity contribution < 1.29 is 0 Å². The van der Waals surface area contributed by atoms with Crippen molar-refractivity contribution in [3.63, 3.8) is 0 Å². The summed E-state index contributed by atoms with van der Waals surface area (Å²) in [5.41, 5.74) is 2.48. The molecule has 1 fully saturated rings. The number of rotatable bonds is 5. The van der Waals surface area contributed by atoms with Gasteiger partial charge in [0.2, 0.25) is 0 Å². The van der Waals surface area contributed by atoms with E-state index in [1.165, 1.54) is 23.3 Å². The summed E-state index contributed by atoms with van der Waals surface area (Å²) in [4.78, 5) is 12.6. The van der Waals surface area contributed by atoms with E-state index in [4.69, 9.17) is 0 Å². The van der Waals surface area contributed by atoms with Gasteiger partial charge in [0.25, 0.3) is 0 Å². The average Bonchev–Trinajstić information content (AvgIpc) is 2.66. The van der Waals surface area contributed by atoms with Crippen molar-refractivity contribution in [3.8, 4) is 0 Å². The molecule has 2 aliphatic rings. The lowest BCUT2D eigenvalue weighted by Crippen LogP contribution is -2.40. The molecular weight excluding hydrogens is 364 g/mol. The van der Waals surface area contributed by atoms with Crippen molar-refractivity contribution in [2.75, 3.05) is 32.5 Å². The Bertz CT molecular complexity index is 761. The first-order valence-corrected chi connectivity index (χ1v) is 10.5. The van der Waals surface area contributed by atoms with Crippen LogP contribution in [0.2, 0.25) is 0 Å². The molecule has 2 aliphatic heterocycles. The second-order valence-electron chi connectivity index (χ2n) is 6.84. The van der Waals surface area contributed by atoms with Crippen LogP contribution in [0.4, 0.5) is 11.5 Å². The minimum absolute atomic E-state index is 0.608. The van der Waals surface area contributed by atoms with Crippen LogP contribution in [0.25, 0.3) is 0 Å². The molecule has 4 rings (SSSR count). The second kappa shape index (κ2) is 8.14. The number of hydrogen-bond acceptors (Lipinski definition) is 8. The molecule has 8 heteroatoms. The summed E-state index contributed by atoms with van der Waals surface area (Å²) in [6, 6.07) is 7.28. The first-order valence-electron chi connectivity index (χ1n) is 8.88. The molecule has 138 valence electrons. The van der Waals surface area contributed by atoms with Gasteiger partial charge in [-0.15, -0.1) is 0 Å².